The van der Waals surface area contributed by atoms with Crippen LogP contribution in [0.2, 0.25) is 0 Å². The maximum absolute atomic E-state index is 9.46. The van der Waals surface area contributed by atoms with Gasteiger partial charge in [0.15, 0.2) is 0 Å². The summed E-state index contributed by atoms with van der Waals surface area (Å²) in [4.78, 5) is 0. The molecule has 0 radical (unpaired) electrons. The lowest BCUT2D eigenvalue weighted by Crippen LogP contribution is -1.85. The van der Waals surface area contributed by atoms with Gasteiger partial charge < -0.3 is 10.2 Å². The van der Waals surface area contributed by atoms with Crippen LogP contribution in [-0.4, -0.2) is 10.2 Å². The topological polar surface area (TPSA) is 40.5 Å². The first kappa shape index (κ1) is 9.86. The van der Waals surface area contributed by atoms with Crippen LogP contribution in [0.3, 0.4) is 0 Å². The molecule has 0 saturated carbocycles. The van der Waals surface area contributed by atoms with Crippen molar-refractivity contribution in [3.8, 4) is 11.5 Å². The Balaban J connectivity index is 3.60. The molecule has 0 unspecified atom stereocenters. The molecule has 2 N–H and O–H groups in total. The minimum Gasteiger partial charge on any atom is -0.506 e. The average molecular weight is 296 g/mol. The maximum atomic E-state index is 9.46. The Bertz CT molecular complexity index is 229. The summed E-state index contributed by atoms with van der Waals surface area (Å²) in [6, 6.07) is 0. The Kier molecular flexibility index (Phi) is 2.68. The molecule has 0 fully saturated rings. The Morgan fingerprint density at radius 3 is 1.50 bits per heavy atom. The van der Waals surface area contributed by atoms with Crippen molar-refractivity contribution in [3.05, 3.63) is 20.1 Å². The van der Waals surface area contributed by atoms with Gasteiger partial charge in [-0.1, -0.05) is 0 Å². The first-order valence-electron chi connectivity index (χ1n) is 3.33. The number of hydrogen-bond donors (Lipinski definition) is 2. The van der Waals surface area contributed by atoms with Gasteiger partial charge in [-0.25, -0.2) is 0 Å². The number of hydrogen-bond acceptors (Lipinski definition) is 2. The Labute approximate surface area is 87.5 Å². The van der Waals surface area contributed by atoms with Gasteiger partial charge in [-0.05, 0) is 51.3 Å². The van der Waals surface area contributed by atoms with Crippen LogP contribution in [-0.2, 0) is 0 Å². The normalized spacial score (nSPS) is 10.3. The Hall–Kier alpha value is -0.220. The van der Waals surface area contributed by atoms with Crippen molar-refractivity contribution >= 4 is 31.9 Å². The largest absolute Gasteiger partial charge is 0.506 e. The fraction of sp³-hybridized carbons (Fsp3) is 0.250. The quantitative estimate of drug-likeness (QED) is 0.771. The van der Waals surface area contributed by atoms with Crippen molar-refractivity contribution in [2.45, 2.75) is 13.8 Å². The third kappa shape index (κ3) is 1.33. The average Bonchev–Trinajstić information content (AvgIpc) is 2.08. The molecule has 1 aromatic carbocycles. The minimum absolute atomic E-state index is 0.0909. The SMILES string of the molecule is Cc1c(O)c(Br)c(C)c(Br)c1O. The van der Waals surface area contributed by atoms with Gasteiger partial charge in [0.2, 0.25) is 0 Å². The lowest BCUT2D eigenvalue weighted by Gasteiger charge is -2.10. The van der Waals surface area contributed by atoms with E-state index in [9.17, 15) is 10.2 Å². The predicted octanol–water partition coefficient (Wildman–Crippen LogP) is 3.24. The number of rotatable bonds is 0. The molecule has 0 heterocycles. The number of phenols is 2. The zero-order chi connectivity index (χ0) is 9.46. The molecule has 0 saturated heterocycles. The third-order valence-corrected chi connectivity index (χ3v) is 3.73. The van der Waals surface area contributed by atoms with Gasteiger partial charge in [0.25, 0.3) is 0 Å². The highest BCUT2D eigenvalue weighted by Gasteiger charge is 2.14. The molecule has 0 bridgehead atoms. The van der Waals surface area contributed by atoms with E-state index < -0.39 is 0 Å². The molecule has 0 aromatic heterocycles. The van der Waals surface area contributed by atoms with Gasteiger partial charge in [-0.15, -0.1) is 0 Å². The summed E-state index contributed by atoms with van der Waals surface area (Å²) in [5, 5.41) is 18.9. The third-order valence-electron chi connectivity index (χ3n) is 1.78. The number of halogens is 2. The molecule has 0 aliphatic carbocycles. The molecule has 0 amide bonds. The van der Waals surface area contributed by atoms with Crippen LogP contribution in [0.4, 0.5) is 0 Å². The van der Waals surface area contributed by atoms with Crippen molar-refractivity contribution in [2.75, 3.05) is 0 Å². The summed E-state index contributed by atoms with van der Waals surface area (Å²) in [6.07, 6.45) is 0. The summed E-state index contributed by atoms with van der Waals surface area (Å²) < 4.78 is 1.23. The highest BCUT2D eigenvalue weighted by atomic mass is 79.9. The van der Waals surface area contributed by atoms with E-state index in [1.54, 1.807) is 13.8 Å². The highest BCUT2D eigenvalue weighted by Crippen LogP contribution is 2.42. The number of phenolic OH excluding ortho intramolecular Hbond substituents is 2. The van der Waals surface area contributed by atoms with E-state index >= 15 is 0 Å². The Morgan fingerprint density at radius 2 is 1.17 bits per heavy atom. The number of aromatic hydroxyl groups is 2. The van der Waals surface area contributed by atoms with Crippen LogP contribution >= 0.6 is 31.9 Å². The Morgan fingerprint density at radius 1 is 0.833 bits per heavy atom. The second kappa shape index (κ2) is 3.26. The molecule has 0 atom stereocenters. The first-order valence-corrected chi connectivity index (χ1v) is 4.91. The van der Waals surface area contributed by atoms with Crippen LogP contribution in [0.15, 0.2) is 8.95 Å². The van der Waals surface area contributed by atoms with Crippen molar-refractivity contribution in [2.24, 2.45) is 0 Å². The molecular formula is C8H8Br2O2. The van der Waals surface area contributed by atoms with E-state index in [0.717, 1.165) is 5.56 Å². The van der Waals surface area contributed by atoms with Crippen molar-refractivity contribution in [1.29, 1.82) is 0 Å². The van der Waals surface area contributed by atoms with E-state index in [1.807, 2.05) is 0 Å². The zero-order valence-corrected chi connectivity index (χ0v) is 9.82. The van der Waals surface area contributed by atoms with Crippen LogP contribution in [0.1, 0.15) is 11.1 Å². The van der Waals surface area contributed by atoms with Crippen LogP contribution in [0.25, 0.3) is 0 Å². The van der Waals surface area contributed by atoms with Crippen LogP contribution in [0, 0.1) is 13.8 Å². The van der Waals surface area contributed by atoms with Gasteiger partial charge in [0.1, 0.15) is 11.5 Å². The fourth-order valence-electron chi connectivity index (χ4n) is 0.893. The molecule has 4 heteroatoms. The molecule has 0 aliphatic rings. The molecule has 1 rings (SSSR count). The second-order valence-corrected chi connectivity index (χ2v) is 4.16. The molecule has 0 aliphatic heterocycles. The van der Waals surface area contributed by atoms with Crippen LogP contribution < -0.4 is 0 Å². The van der Waals surface area contributed by atoms with Crippen molar-refractivity contribution in [1.82, 2.24) is 0 Å². The monoisotopic (exact) mass is 294 g/mol. The second-order valence-electron chi connectivity index (χ2n) is 2.58. The lowest BCUT2D eigenvalue weighted by molar-refractivity contribution is 0.438. The summed E-state index contributed by atoms with van der Waals surface area (Å²) in [6.45, 7) is 3.45. The summed E-state index contributed by atoms with van der Waals surface area (Å²) >= 11 is 6.45. The lowest BCUT2D eigenvalue weighted by atomic mass is 10.1. The standard InChI is InChI=1S/C8H8Br2O2/c1-3-5(9)7(11)4(2)8(12)6(3)10/h11-12H,1-2H3. The molecule has 12 heavy (non-hydrogen) atoms. The van der Waals surface area contributed by atoms with E-state index in [0.29, 0.717) is 14.5 Å². The molecule has 66 valence electrons. The van der Waals surface area contributed by atoms with E-state index in [4.69, 9.17) is 0 Å². The molecule has 1 aromatic rings. The van der Waals surface area contributed by atoms with Crippen LogP contribution in [0.5, 0.6) is 11.5 Å². The molecular weight excluding hydrogens is 288 g/mol. The van der Waals surface area contributed by atoms with E-state index in [1.165, 1.54) is 0 Å². The van der Waals surface area contributed by atoms with E-state index in [2.05, 4.69) is 31.9 Å². The van der Waals surface area contributed by atoms with Gasteiger partial charge in [-0.2, -0.15) is 0 Å². The smallest absolute Gasteiger partial charge is 0.136 e. The summed E-state index contributed by atoms with van der Waals surface area (Å²) in [5.41, 5.74) is 1.26. The van der Waals surface area contributed by atoms with E-state index in [-0.39, 0.29) is 11.5 Å². The number of benzene rings is 1. The predicted molar refractivity (Wildman–Crippen MR) is 54.6 cm³/mol. The highest BCUT2D eigenvalue weighted by molar-refractivity contribution is 9.11. The fourth-order valence-corrected chi connectivity index (χ4v) is 2.15. The van der Waals surface area contributed by atoms with Crippen molar-refractivity contribution in [3.63, 3.8) is 0 Å². The van der Waals surface area contributed by atoms with Crippen molar-refractivity contribution < 1.29 is 10.2 Å². The first-order chi connectivity index (χ1) is 5.46. The maximum Gasteiger partial charge on any atom is 0.136 e. The summed E-state index contributed by atoms with van der Waals surface area (Å²) in [7, 11) is 0. The van der Waals surface area contributed by atoms with Gasteiger partial charge in [0.05, 0.1) is 8.95 Å². The molecule has 0 spiro atoms. The minimum atomic E-state index is 0.0909. The summed E-state index contributed by atoms with van der Waals surface area (Å²) in [5.74, 6) is 0.182. The van der Waals surface area contributed by atoms with Gasteiger partial charge in [0, 0.05) is 5.56 Å². The molecule has 2 nitrogen and oxygen atoms in total. The zero-order valence-electron chi connectivity index (χ0n) is 6.65. The van der Waals surface area contributed by atoms with Gasteiger partial charge in [-0.3, -0.25) is 0 Å². The van der Waals surface area contributed by atoms with Gasteiger partial charge >= 0.3 is 0 Å².